The summed E-state index contributed by atoms with van der Waals surface area (Å²) in [6.45, 7) is 6.29. The van der Waals surface area contributed by atoms with Crippen LogP contribution in [0.3, 0.4) is 0 Å². The van der Waals surface area contributed by atoms with Crippen molar-refractivity contribution in [1.29, 1.82) is 0 Å². The third-order valence-corrected chi connectivity index (χ3v) is 11.0. The molecule has 0 spiro atoms. The smallest absolute Gasteiger partial charge is 0.314 e. The molecule has 0 fully saturated rings. The Balaban J connectivity index is 0.000000888. The van der Waals surface area contributed by atoms with Gasteiger partial charge in [-0.2, -0.15) is 0 Å². The molecule has 3 heteroatoms. The monoisotopic (exact) mass is 733 g/mol. The average molecular weight is 733 g/mol. The molecule has 2 N–H and O–H groups in total. The summed E-state index contributed by atoms with van der Waals surface area (Å²) in [6, 6.07) is 20.8. The van der Waals surface area contributed by atoms with Crippen molar-refractivity contribution in [2.75, 3.05) is 13.1 Å². The lowest BCUT2D eigenvalue weighted by molar-refractivity contribution is 0.204. The van der Waals surface area contributed by atoms with Crippen molar-refractivity contribution in [2.24, 2.45) is 5.73 Å². The summed E-state index contributed by atoms with van der Waals surface area (Å²) in [7, 11) is 0. The number of hydrogen-bond acceptors (Lipinski definition) is 1. The minimum absolute atomic E-state index is 0.220. The summed E-state index contributed by atoms with van der Waals surface area (Å²) >= 11 is 0. The SMILES string of the molecule is CCCCCCCCCCCCCCCCCCN(CCCCCCCCCCCCCCCCCC)C(N)=O.c1ccc(Cc2ccccc2)cc1. The van der Waals surface area contributed by atoms with Gasteiger partial charge in [0.1, 0.15) is 0 Å². The van der Waals surface area contributed by atoms with Crippen molar-refractivity contribution < 1.29 is 4.79 Å². The van der Waals surface area contributed by atoms with Crippen LogP contribution in [0.15, 0.2) is 60.7 Å². The average Bonchev–Trinajstić information content (AvgIpc) is 3.17. The molecule has 0 bridgehead atoms. The van der Waals surface area contributed by atoms with Crippen LogP contribution < -0.4 is 5.73 Å². The largest absolute Gasteiger partial charge is 0.351 e. The van der Waals surface area contributed by atoms with E-state index in [1.807, 2.05) is 4.90 Å². The molecule has 304 valence electrons. The number of nitrogens with zero attached hydrogens (tertiary/aromatic N) is 1. The van der Waals surface area contributed by atoms with Crippen molar-refractivity contribution in [3.8, 4) is 0 Å². The predicted octanol–water partition coefficient (Wildman–Crippen LogP) is 16.2. The van der Waals surface area contributed by atoms with Crippen LogP contribution in [0.4, 0.5) is 4.79 Å². The van der Waals surface area contributed by atoms with E-state index in [0.29, 0.717) is 0 Å². The van der Waals surface area contributed by atoms with Crippen molar-refractivity contribution in [2.45, 2.75) is 226 Å². The van der Waals surface area contributed by atoms with Crippen LogP contribution in [0.25, 0.3) is 0 Å². The van der Waals surface area contributed by atoms with Crippen molar-refractivity contribution in [1.82, 2.24) is 4.90 Å². The fourth-order valence-corrected chi connectivity index (χ4v) is 7.46. The first-order chi connectivity index (χ1) is 26.2. The molecule has 2 amide bonds. The van der Waals surface area contributed by atoms with Gasteiger partial charge in [0.05, 0.1) is 0 Å². The highest BCUT2D eigenvalue weighted by Crippen LogP contribution is 2.16. The summed E-state index contributed by atoms with van der Waals surface area (Å²) in [4.78, 5) is 13.7. The van der Waals surface area contributed by atoms with E-state index >= 15 is 0 Å². The van der Waals surface area contributed by atoms with Gasteiger partial charge in [-0.25, -0.2) is 4.79 Å². The Kier molecular flexibility index (Phi) is 36.2. The Hall–Kier alpha value is -2.29. The van der Waals surface area contributed by atoms with E-state index in [1.54, 1.807) is 0 Å². The molecule has 2 rings (SSSR count). The Morgan fingerprint density at radius 3 is 0.830 bits per heavy atom. The molecule has 0 aliphatic carbocycles. The van der Waals surface area contributed by atoms with Crippen LogP contribution in [-0.2, 0) is 6.42 Å². The van der Waals surface area contributed by atoms with Gasteiger partial charge in [-0.1, -0.05) is 267 Å². The number of hydrogen-bond donors (Lipinski definition) is 1. The van der Waals surface area contributed by atoms with E-state index in [-0.39, 0.29) is 6.03 Å². The maximum absolute atomic E-state index is 11.8. The van der Waals surface area contributed by atoms with Crippen LogP contribution in [-0.4, -0.2) is 24.0 Å². The number of primary amides is 1. The van der Waals surface area contributed by atoms with Crippen molar-refractivity contribution >= 4 is 6.03 Å². The summed E-state index contributed by atoms with van der Waals surface area (Å²) in [5.41, 5.74) is 8.39. The van der Waals surface area contributed by atoms with Crippen molar-refractivity contribution in [3.63, 3.8) is 0 Å². The van der Waals surface area contributed by atoms with E-state index < -0.39 is 0 Å². The van der Waals surface area contributed by atoms with Gasteiger partial charge in [-0.3, -0.25) is 0 Å². The number of nitrogens with two attached hydrogens (primary N) is 1. The molecule has 3 nitrogen and oxygen atoms in total. The molecule has 0 aliphatic rings. The maximum atomic E-state index is 11.8. The summed E-state index contributed by atoms with van der Waals surface area (Å²) < 4.78 is 0. The molecule has 2 aromatic carbocycles. The zero-order valence-corrected chi connectivity index (χ0v) is 35.5. The zero-order chi connectivity index (χ0) is 38.1. The molecule has 0 aromatic heterocycles. The number of urea groups is 1. The second kappa shape index (κ2) is 39.4. The Morgan fingerprint density at radius 1 is 0.377 bits per heavy atom. The lowest BCUT2D eigenvalue weighted by Gasteiger charge is -2.20. The highest BCUT2D eigenvalue weighted by molar-refractivity contribution is 5.71. The van der Waals surface area contributed by atoms with Gasteiger partial charge < -0.3 is 10.6 Å². The molecule has 0 aliphatic heterocycles. The van der Waals surface area contributed by atoms with Crippen LogP contribution in [0.5, 0.6) is 0 Å². The molecule has 0 radical (unpaired) electrons. The molecule has 0 atom stereocenters. The quantitative estimate of drug-likeness (QED) is 0.0697. The Morgan fingerprint density at radius 2 is 0.604 bits per heavy atom. The minimum Gasteiger partial charge on any atom is -0.351 e. The number of rotatable bonds is 36. The number of unbranched alkanes of at least 4 members (excludes halogenated alkanes) is 30. The highest BCUT2D eigenvalue weighted by atomic mass is 16.2. The molecule has 2 aromatic rings. The standard InChI is InChI=1S/C37H76N2O.C13H12/c1-3-5-7-9-11-13-15-17-19-21-23-25-27-29-31-33-35-39(37(38)40)36-34-32-30-28-26-24-22-20-18-16-14-12-10-8-6-4-2;1-3-7-12(8-4-1)11-13-9-5-2-6-10-13/h3-36H2,1-2H3,(H2,38,40);1-10H,11H2. The van der Waals surface area contributed by atoms with Crippen LogP contribution >= 0.6 is 0 Å². The molecular weight excluding hydrogens is 645 g/mol. The first-order valence-electron chi connectivity index (χ1n) is 23.3. The third-order valence-electron chi connectivity index (χ3n) is 11.0. The Labute approximate surface area is 331 Å². The number of benzene rings is 2. The molecule has 0 unspecified atom stereocenters. The van der Waals surface area contributed by atoms with Gasteiger partial charge in [0.15, 0.2) is 0 Å². The van der Waals surface area contributed by atoms with E-state index in [4.69, 9.17) is 5.73 Å². The van der Waals surface area contributed by atoms with Gasteiger partial charge in [-0.05, 0) is 30.4 Å². The lowest BCUT2D eigenvalue weighted by atomic mass is 10.0. The molecule has 53 heavy (non-hydrogen) atoms. The van der Waals surface area contributed by atoms with Gasteiger partial charge in [0.25, 0.3) is 0 Å². The van der Waals surface area contributed by atoms with E-state index in [2.05, 4.69) is 74.5 Å². The second-order valence-electron chi connectivity index (χ2n) is 16.1. The molecular formula is C50H88N2O. The number of carbonyl (C=O) groups is 1. The van der Waals surface area contributed by atoms with Crippen LogP contribution in [0.2, 0.25) is 0 Å². The highest BCUT2D eigenvalue weighted by Gasteiger charge is 2.08. The first-order valence-corrected chi connectivity index (χ1v) is 23.3. The van der Waals surface area contributed by atoms with Crippen LogP contribution in [0.1, 0.15) is 230 Å². The first kappa shape index (κ1) is 48.7. The molecule has 0 saturated heterocycles. The van der Waals surface area contributed by atoms with Gasteiger partial charge in [0, 0.05) is 13.1 Å². The fraction of sp³-hybridized carbons (Fsp3) is 0.740. The van der Waals surface area contributed by atoms with E-state index in [1.165, 1.54) is 204 Å². The summed E-state index contributed by atoms with van der Waals surface area (Å²) in [5, 5.41) is 0. The van der Waals surface area contributed by atoms with Gasteiger partial charge in [0.2, 0.25) is 0 Å². The maximum Gasteiger partial charge on any atom is 0.314 e. The normalized spacial score (nSPS) is 11.0. The zero-order valence-electron chi connectivity index (χ0n) is 35.5. The van der Waals surface area contributed by atoms with Crippen molar-refractivity contribution in [3.05, 3.63) is 71.8 Å². The number of carbonyl (C=O) groups excluding carboxylic acids is 1. The number of amides is 2. The summed E-state index contributed by atoms with van der Waals surface area (Å²) in [5.74, 6) is 0. The fourth-order valence-electron chi connectivity index (χ4n) is 7.46. The Bertz CT molecular complexity index is 919. The van der Waals surface area contributed by atoms with Crippen LogP contribution in [0, 0.1) is 0 Å². The third kappa shape index (κ3) is 34.0. The minimum atomic E-state index is -0.220. The predicted molar refractivity (Wildman–Crippen MR) is 236 cm³/mol. The second-order valence-corrected chi connectivity index (χ2v) is 16.1. The van der Waals surface area contributed by atoms with E-state index in [0.717, 1.165) is 32.4 Å². The lowest BCUT2D eigenvalue weighted by Crippen LogP contribution is -2.37. The molecule has 0 saturated carbocycles. The topological polar surface area (TPSA) is 46.3 Å². The summed E-state index contributed by atoms with van der Waals surface area (Å²) in [6.07, 6.45) is 45.2. The van der Waals surface area contributed by atoms with Gasteiger partial charge >= 0.3 is 6.03 Å². The molecule has 0 heterocycles. The van der Waals surface area contributed by atoms with Gasteiger partial charge in [-0.15, -0.1) is 0 Å². The van der Waals surface area contributed by atoms with E-state index in [9.17, 15) is 4.79 Å².